The first-order valence-electron chi connectivity index (χ1n) is 9.64. The molecule has 0 aliphatic heterocycles. The number of carbonyl (C=O) groups excluding carboxylic acids is 1. The fourth-order valence-electron chi connectivity index (χ4n) is 3.41. The number of hydrogen-bond donors (Lipinski definition) is 1. The van der Waals surface area contributed by atoms with E-state index < -0.39 is 23.3 Å². The Morgan fingerprint density at radius 2 is 1.83 bits per heavy atom. The van der Waals surface area contributed by atoms with Crippen molar-refractivity contribution >= 4 is 28.7 Å². The Balaban J connectivity index is 1.53. The molecule has 11 nitrogen and oxygen atoms in total. The number of alkyl halides is 3. The van der Waals surface area contributed by atoms with E-state index in [1.807, 2.05) is 6.07 Å². The number of hydrogen-bond acceptors (Lipinski definition) is 7. The Hall–Kier alpha value is -4.77. The third-order valence-electron chi connectivity index (χ3n) is 4.85. The van der Waals surface area contributed by atoms with Gasteiger partial charge in [-0.1, -0.05) is 11.6 Å². The molecule has 0 unspecified atom stereocenters. The smallest absolute Gasteiger partial charge is 0.320 e. The Morgan fingerprint density at radius 1 is 1.06 bits per heavy atom. The molecule has 5 aromatic rings. The molecule has 5 aromatic heterocycles. The van der Waals surface area contributed by atoms with Crippen LogP contribution in [0.1, 0.15) is 21.7 Å². The second kappa shape index (κ2) is 8.22. The average molecular weight is 499 g/mol. The van der Waals surface area contributed by atoms with Crippen LogP contribution in [-0.4, -0.2) is 45.3 Å². The van der Waals surface area contributed by atoms with Crippen LogP contribution < -0.4 is 5.32 Å². The van der Waals surface area contributed by atoms with Crippen molar-refractivity contribution in [1.82, 2.24) is 39.4 Å². The molecule has 1 N–H and O–H groups in total. The summed E-state index contributed by atoms with van der Waals surface area (Å²) in [5, 5.41) is 27.2. The summed E-state index contributed by atoms with van der Waals surface area (Å²) >= 11 is 6.17. The molecular weight excluding hydrogens is 489 g/mol. The first-order chi connectivity index (χ1) is 16.8. The molecule has 0 aliphatic rings. The van der Waals surface area contributed by atoms with E-state index in [1.165, 1.54) is 53.6 Å². The summed E-state index contributed by atoms with van der Waals surface area (Å²) in [6, 6.07) is 7.25. The number of nitrogens with one attached hydrogen (secondary N) is 1. The fraction of sp³-hybridized carbons (Fsp3) is 0.0500. The van der Waals surface area contributed by atoms with Gasteiger partial charge in [-0.2, -0.15) is 38.8 Å². The maximum Gasteiger partial charge on any atom is 0.434 e. The van der Waals surface area contributed by atoms with Crippen molar-refractivity contribution in [3.05, 3.63) is 77.2 Å². The van der Waals surface area contributed by atoms with Crippen LogP contribution >= 0.6 is 11.6 Å². The Morgan fingerprint density at radius 3 is 2.51 bits per heavy atom. The number of halogens is 4. The van der Waals surface area contributed by atoms with Gasteiger partial charge in [-0.25, -0.2) is 14.2 Å². The summed E-state index contributed by atoms with van der Waals surface area (Å²) in [7, 11) is 0. The Bertz CT molecular complexity index is 1610. The lowest BCUT2D eigenvalue weighted by molar-refractivity contribution is -0.143. The van der Waals surface area contributed by atoms with E-state index in [-0.39, 0.29) is 33.4 Å². The fourth-order valence-corrected chi connectivity index (χ4v) is 3.65. The van der Waals surface area contributed by atoms with E-state index in [0.717, 1.165) is 11.0 Å². The number of nitrogens with zero attached hydrogens (tertiary/aromatic N) is 9. The quantitative estimate of drug-likeness (QED) is 0.402. The lowest BCUT2D eigenvalue weighted by atomic mass is 10.2. The van der Waals surface area contributed by atoms with Crippen molar-refractivity contribution in [2.24, 2.45) is 0 Å². The SMILES string of the molecule is N#Cc1ccc(-n2ncc(C(=O)Nc3cnc(-n4nccn4)c(Cl)c3)c2C(F)(F)F)c2ccnn12. The van der Waals surface area contributed by atoms with E-state index in [2.05, 4.69) is 30.7 Å². The summed E-state index contributed by atoms with van der Waals surface area (Å²) in [6.45, 7) is 0. The van der Waals surface area contributed by atoms with Crippen molar-refractivity contribution in [3.63, 3.8) is 0 Å². The zero-order valence-electron chi connectivity index (χ0n) is 17.1. The average Bonchev–Trinajstić information content (AvgIpc) is 3.58. The van der Waals surface area contributed by atoms with Gasteiger partial charge >= 0.3 is 6.18 Å². The van der Waals surface area contributed by atoms with Crippen LogP contribution in [-0.2, 0) is 6.18 Å². The van der Waals surface area contributed by atoms with E-state index >= 15 is 0 Å². The van der Waals surface area contributed by atoms with Gasteiger partial charge in [-0.15, -0.1) is 4.80 Å². The molecule has 0 fully saturated rings. The minimum Gasteiger partial charge on any atom is -0.320 e. The maximum absolute atomic E-state index is 14.1. The van der Waals surface area contributed by atoms with Gasteiger partial charge in [0, 0.05) is 0 Å². The summed E-state index contributed by atoms with van der Waals surface area (Å²) in [5.74, 6) is -0.909. The predicted molar refractivity (Wildman–Crippen MR) is 114 cm³/mol. The molecule has 0 aromatic carbocycles. The summed E-state index contributed by atoms with van der Waals surface area (Å²) in [6.07, 6.45) is 1.23. The molecule has 0 radical (unpaired) electrons. The third kappa shape index (κ3) is 3.83. The van der Waals surface area contributed by atoms with Gasteiger partial charge in [0.05, 0.1) is 58.5 Å². The molecule has 1 amide bonds. The Kier molecular flexibility index (Phi) is 5.18. The molecule has 0 bridgehead atoms. The van der Waals surface area contributed by atoms with Crippen molar-refractivity contribution < 1.29 is 18.0 Å². The first kappa shape index (κ1) is 22.0. The molecule has 0 saturated heterocycles. The zero-order chi connectivity index (χ0) is 24.7. The van der Waals surface area contributed by atoms with Crippen molar-refractivity contribution in [3.8, 4) is 17.6 Å². The number of anilines is 1. The second-order valence-corrected chi connectivity index (χ2v) is 7.37. The standard InChI is InChI=1S/C20H10ClF3N10O/c21-14-7-11(9-26-18(14)34-28-5-6-29-34)31-19(35)13-10-30-33(17(13)20(22,23)24)15-2-1-12(8-25)32-16(15)3-4-27-32/h1-7,9-10H,(H,31,35). The highest BCUT2D eigenvalue weighted by molar-refractivity contribution is 6.32. The molecule has 0 saturated carbocycles. The van der Waals surface area contributed by atoms with Crippen LogP contribution in [0.2, 0.25) is 5.02 Å². The number of nitriles is 1. The van der Waals surface area contributed by atoms with Crippen LogP contribution in [0.25, 0.3) is 17.0 Å². The van der Waals surface area contributed by atoms with E-state index in [0.29, 0.717) is 4.68 Å². The van der Waals surface area contributed by atoms with Gasteiger partial charge in [0.15, 0.2) is 11.5 Å². The molecule has 0 aliphatic carbocycles. The summed E-state index contributed by atoms with van der Waals surface area (Å²) in [4.78, 5) is 18.0. The van der Waals surface area contributed by atoms with Gasteiger partial charge < -0.3 is 5.32 Å². The Labute approximate surface area is 198 Å². The molecule has 15 heteroatoms. The van der Waals surface area contributed by atoms with Crippen molar-refractivity contribution in [2.75, 3.05) is 5.32 Å². The highest BCUT2D eigenvalue weighted by Gasteiger charge is 2.41. The monoisotopic (exact) mass is 498 g/mol. The predicted octanol–water partition coefficient (Wildman–Crippen LogP) is 3.29. The number of carbonyl (C=O) groups is 1. The number of rotatable bonds is 4. The van der Waals surface area contributed by atoms with Gasteiger partial charge in [0.2, 0.25) is 0 Å². The molecule has 0 spiro atoms. The van der Waals surface area contributed by atoms with E-state index in [9.17, 15) is 23.2 Å². The second-order valence-electron chi connectivity index (χ2n) is 6.96. The van der Waals surface area contributed by atoms with Crippen LogP contribution in [0, 0.1) is 11.3 Å². The maximum atomic E-state index is 14.1. The molecule has 0 atom stereocenters. The first-order valence-corrected chi connectivity index (χ1v) is 10.0. The highest BCUT2D eigenvalue weighted by atomic mass is 35.5. The number of aromatic nitrogens is 8. The highest BCUT2D eigenvalue weighted by Crippen LogP contribution is 2.35. The minimum absolute atomic E-state index is 0.0198. The molecule has 5 rings (SSSR count). The van der Waals surface area contributed by atoms with E-state index in [1.54, 1.807) is 0 Å². The topological polar surface area (TPSA) is 132 Å². The lowest BCUT2D eigenvalue weighted by Gasteiger charge is -2.14. The third-order valence-corrected chi connectivity index (χ3v) is 5.12. The largest absolute Gasteiger partial charge is 0.434 e. The lowest BCUT2D eigenvalue weighted by Crippen LogP contribution is -2.21. The van der Waals surface area contributed by atoms with Crippen LogP contribution in [0.3, 0.4) is 0 Å². The van der Waals surface area contributed by atoms with Crippen molar-refractivity contribution in [2.45, 2.75) is 6.18 Å². The van der Waals surface area contributed by atoms with Gasteiger partial charge in [-0.05, 0) is 24.3 Å². The summed E-state index contributed by atoms with van der Waals surface area (Å²) in [5.41, 5.74) is -1.69. The minimum atomic E-state index is -4.94. The molecular formula is C20H10ClF3N10O. The van der Waals surface area contributed by atoms with Crippen molar-refractivity contribution in [1.29, 1.82) is 5.26 Å². The van der Waals surface area contributed by atoms with Gasteiger partial charge in [-0.3, -0.25) is 4.79 Å². The van der Waals surface area contributed by atoms with Crippen LogP contribution in [0.5, 0.6) is 0 Å². The van der Waals surface area contributed by atoms with Gasteiger partial charge in [0.25, 0.3) is 5.91 Å². The number of amides is 1. The van der Waals surface area contributed by atoms with Crippen LogP contribution in [0.4, 0.5) is 18.9 Å². The molecule has 174 valence electrons. The zero-order valence-corrected chi connectivity index (χ0v) is 17.9. The van der Waals surface area contributed by atoms with E-state index in [4.69, 9.17) is 11.6 Å². The number of fused-ring (bicyclic) bond motifs is 1. The summed E-state index contributed by atoms with van der Waals surface area (Å²) < 4.78 is 44.1. The van der Waals surface area contributed by atoms with Gasteiger partial charge in [0.1, 0.15) is 11.8 Å². The molecule has 35 heavy (non-hydrogen) atoms. The molecule has 5 heterocycles. The van der Waals surface area contributed by atoms with Crippen LogP contribution in [0.15, 0.2) is 55.2 Å². The normalized spacial score (nSPS) is 11.5. The number of pyridine rings is 2.